The molecule has 128 valence electrons. The minimum absolute atomic E-state index is 0.191. The number of rotatable bonds is 15. The van der Waals surface area contributed by atoms with Gasteiger partial charge in [0, 0.05) is 6.92 Å². The lowest BCUT2D eigenvalue weighted by atomic mass is 10.1. The summed E-state index contributed by atoms with van der Waals surface area (Å²) in [5.41, 5.74) is 0. The van der Waals surface area contributed by atoms with Gasteiger partial charge in [-0.3, -0.25) is 4.79 Å². The lowest BCUT2D eigenvalue weighted by molar-refractivity contribution is -0.140. The number of unbranched alkanes of at least 4 members (excludes halogenated alkanes) is 9. The minimum Gasteiger partial charge on any atom is -0.466 e. The standard InChI is InChI=1S/C20H36O2/c1-3-4-5-6-7-8-9-10-11-12-13-14-15-16-17-18-19-22-20(2)21/h8-9,16-17H,3-7,10-15,18-19H2,1-2H3/b9-8-,17-16-. The van der Waals surface area contributed by atoms with Gasteiger partial charge in [-0.1, -0.05) is 63.3 Å². The van der Waals surface area contributed by atoms with E-state index in [1.807, 2.05) is 0 Å². The molecule has 0 aliphatic rings. The number of hydrogen-bond donors (Lipinski definition) is 0. The van der Waals surface area contributed by atoms with Crippen LogP contribution in [0.25, 0.3) is 0 Å². The molecule has 0 saturated heterocycles. The van der Waals surface area contributed by atoms with Crippen molar-refractivity contribution in [1.29, 1.82) is 0 Å². The monoisotopic (exact) mass is 308 g/mol. The van der Waals surface area contributed by atoms with Crippen LogP contribution in [0.3, 0.4) is 0 Å². The summed E-state index contributed by atoms with van der Waals surface area (Å²) in [4.78, 5) is 10.6. The van der Waals surface area contributed by atoms with Crippen LogP contribution in [-0.4, -0.2) is 12.6 Å². The fourth-order valence-electron chi connectivity index (χ4n) is 2.31. The van der Waals surface area contributed by atoms with E-state index in [-0.39, 0.29) is 5.97 Å². The van der Waals surface area contributed by atoms with Gasteiger partial charge in [0.2, 0.25) is 0 Å². The summed E-state index contributed by atoms with van der Waals surface area (Å²) in [6, 6.07) is 0. The van der Waals surface area contributed by atoms with Crippen LogP contribution in [0, 0.1) is 0 Å². The van der Waals surface area contributed by atoms with E-state index in [4.69, 9.17) is 4.74 Å². The lowest BCUT2D eigenvalue weighted by Gasteiger charge is -1.98. The van der Waals surface area contributed by atoms with Crippen molar-refractivity contribution >= 4 is 5.97 Å². The molecule has 0 radical (unpaired) electrons. The van der Waals surface area contributed by atoms with Crippen LogP contribution in [0.2, 0.25) is 0 Å². The van der Waals surface area contributed by atoms with Crippen LogP contribution >= 0.6 is 0 Å². The summed E-state index contributed by atoms with van der Waals surface area (Å²) in [5.74, 6) is -0.191. The Morgan fingerprint density at radius 3 is 1.64 bits per heavy atom. The molecule has 0 saturated carbocycles. The Bertz CT molecular complexity index is 292. The van der Waals surface area contributed by atoms with Gasteiger partial charge in [-0.05, 0) is 44.9 Å². The molecular formula is C20H36O2. The summed E-state index contributed by atoms with van der Waals surface area (Å²) in [6.45, 7) is 4.22. The van der Waals surface area contributed by atoms with Gasteiger partial charge in [-0.2, -0.15) is 0 Å². The number of carbonyl (C=O) groups is 1. The molecule has 2 heteroatoms. The first-order valence-corrected chi connectivity index (χ1v) is 9.20. The summed E-state index contributed by atoms with van der Waals surface area (Å²) in [5, 5.41) is 0. The van der Waals surface area contributed by atoms with Crippen molar-refractivity contribution in [3.05, 3.63) is 24.3 Å². The van der Waals surface area contributed by atoms with Crippen molar-refractivity contribution in [2.75, 3.05) is 6.61 Å². The predicted molar refractivity (Wildman–Crippen MR) is 96.0 cm³/mol. The van der Waals surface area contributed by atoms with Gasteiger partial charge in [-0.15, -0.1) is 0 Å². The molecule has 0 N–H and O–H groups in total. The van der Waals surface area contributed by atoms with Crippen molar-refractivity contribution in [3.8, 4) is 0 Å². The van der Waals surface area contributed by atoms with Crippen LogP contribution in [0.15, 0.2) is 24.3 Å². The van der Waals surface area contributed by atoms with Crippen LogP contribution < -0.4 is 0 Å². The second kappa shape index (κ2) is 18.0. The number of esters is 1. The van der Waals surface area contributed by atoms with Crippen LogP contribution in [-0.2, 0) is 9.53 Å². The highest BCUT2D eigenvalue weighted by Crippen LogP contribution is 2.08. The zero-order valence-corrected chi connectivity index (χ0v) is 14.8. The highest BCUT2D eigenvalue weighted by Gasteiger charge is 1.90. The number of hydrogen-bond acceptors (Lipinski definition) is 2. The van der Waals surface area contributed by atoms with E-state index < -0.39 is 0 Å². The van der Waals surface area contributed by atoms with E-state index in [1.54, 1.807) is 0 Å². The molecule has 0 aromatic carbocycles. The van der Waals surface area contributed by atoms with E-state index in [0.29, 0.717) is 6.61 Å². The Morgan fingerprint density at radius 1 is 0.727 bits per heavy atom. The summed E-state index contributed by atoms with van der Waals surface area (Å²) in [6.07, 6.45) is 24.2. The van der Waals surface area contributed by atoms with Crippen molar-refractivity contribution < 1.29 is 9.53 Å². The quantitative estimate of drug-likeness (QED) is 0.200. The first-order chi connectivity index (χ1) is 10.8. The summed E-state index contributed by atoms with van der Waals surface area (Å²) < 4.78 is 4.86. The fourth-order valence-corrected chi connectivity index (χ4v) is 2.31. The molecule has 0 atom stereocenters. The number of carbonyl (C=O) groups excluding carboxylic acids is 1. The van der Waals surface area contributed by atoms with Crippen molar-refractivity contribution in [2.24, 2.45) is 0 Å². The Labute approximate surface area is 138 Å². The van der Waals surface area contributed by atoms with E-state index in [1.165, 1.54) is 71.1 Å². The second-order valence-corrected chi connectivity index (χ2v) is 5.91. The molecule has 2 nitrogen and oxygen atoms in total. The molecule has 0 aromatic rings. The SMILES string of the molecule is CCCCCC/C=C\CCCCCC/C=C\CCOC(C)=O. The maximum Gasteiger partial charge on any atom is 0.302 e. The summed E-state index contributed by atoms with van der Waals surface area (Å²) in [7, 11) is 0. The molecule has 0 aromatic heterocycles. The molecule has 0 unspecified atom stereocenters. The summed E-state index contributed by atoms with van der Waals surface area (Å²) >= 11 is 0. The Hall–Kier alpha value is -1.05. The van der Waals surface area contributed by atoms with Gasteiger partial charge in [0.25, 0.3) is 0 Å². The van der Waals surface area contributed by atoms with Crippen molar-refractivity contribution in [1.82, 2.24) is 0 Å². The van der Waals surface area contributed by atoms with Gasteiger partial charge in [0.15, 0.2) is 0 Å². The van der Waals surface area contributed by atoms with Crippen LogP contribution in [0.4, 0.5) is 0 Å². The molecule has 0 aliphatic heterocycles. The average Bonchev–Trinajstić information content (AvgIpc) is 2.50. The second-order valence-electron chi connectivity index (χ2n) is 5.91. The zero-order chi connectivity index (χ0) is 16.3. The third-order valence-electron chi connectivity index (χ3n) is 3.64. The molecule has 0 heterocycles. The van der Waals surface area contributed by atoms with Gasteiger partial charge >= 0.3 is 5.97 Å². The topological polar surface area (TPSA) is 26.3 Å². The first kappa shape index (κ1) is 20.9. The maximum absolute atomic E-state index is 10.6. The third kappa shape index (κ3) is 18.9. The van der Waals surface area contributed by atoms with Gasteiger partial charge in [0.05, 0.1) is 6.61 Å². The number of ether oxygens (including phenoxy) is 1. The molecular weight excluding hydrogens is 272 g/mol. The Balaban J connectivity index is 3.15. The molecule has 0 fully saturated rings. The van der Waals surface area contributed by atoms with E-state index in [9.17, 15) is 4.79 Å². The molecule has 0 aliphatic carbocycles. The van der Waals surface area contributed by atoms with Gasteiger partial charge in [0.1, 0.15) is 0 Å². The van der Waals surface area contributed by atoms with Crippen LogP contribution in [0.1, 0.15) is 90.9 Å². The molecule has 0 bridgehead atoms. The first-order valence-electron chi connectivity index (χ1n) is 9.20. The van der Waals surface area contributed by atoms with E-state index >= 15 is 0 Å². The van der Waals surface area contributed by atoms with Gasteiger partial charge < -0.3 is 4.74 Å². The number of allylic oxidation sites excluding steroid dienone is 3. The normalized spacial score (nSPS) is 11.5. The zero-order valence-electron chi connectivity index (χ0n) is 14.8. The van der Waals surface area contributed by atoms with Gasteiger partial charge in [-0.25, -0.2) is 0 Å². The smallest absolute Gasteiger partial charge is 0.302 e. The Kier molecular flexibility index (Phi) is 17.1. The fraction of sp³-hybridized carbons (Fsp3) is 0.750. The van der Waals surface area contributed by atoms with Crippen molar-refractivity contribution in [3.63, 3.8) is 0 Å². The van der Waals surface area contributed by atoms with E-state index in [2.05, 4.69) is 31.2 Å². The lowest BCUT2D eigenvalue weighted by Crippen LogP contribution is -1.98. The van der Waals surface area contributed by atoms with Crippen molar-refractivity contribution in [2.45, 2.75) is 90.9 Å². The van der Waals surface area contributed by atoms with E-state index in [0.717, 1.165) is 12.8 Å². The highest BCUT2D eigenvalue weighted by atomic mass is 16.5. The van der Waals surface area contributed by atoms with Crippen LogP contribution in [0.5, 0.6) is 0 Å². The molecule has 22 heavy (non-hydrogen) atoms. The molecule has 0 spiro atoms. The largest absolute Gasteiger partial charge is 0.466 e. The molecule has 0 rings (SSSR count). The highest BCUT2D eigenvalue weighted by molar-refractivity contribution is 5.65. The third-order valence-corrected chi connectivity index (χ3v) is 3.64. The molecule has 0 amide bonds. The minimum atomic E-state index is -0.191. The maximum atomic E-state index is 10.6. The average molecular weight is 309 g/mol. The predicted octanol–water partition coefficient (Wildman–Crippen LogP) is 6.36. The Morgan fingerprint density at radius 2 is 1.18 bits per heavy atom.